The van der Waals surface area contributed by atoms with Gasteiger partial charge in [0.1, 0.15) is 5.75 Å². The molecule has 7 heteroatoms. The van der Waals surface area contributed by atoms with Crippen molar-refractivity contribution >= 4 is 27.3 Å². The number of fused-ring (bicyclic) bond motifs is 1. The standard InChI is InChI=1S/C24H24N2O4S/c1-2-30-23-12-6-4-10-21(23)24(27)25-19-13-15-20(16-14-19)31(28,29)26-17-7-9-18-8-3-5-11-22(18)26/h3-6,8,10-16H,2,7,9,17H2,1H3,(H,25,27). The molecule has 31 heavy (non-hydrogen) atoms. The van der Waals surface area contributed by atoms with Crippen LogP contribution in [-0.2, 0) is 16.4 Å². The molecule has 0 radical (unpaired) electrons. The molecule has 160 valence electrons. The van der Waals surface area contributed by atoms with E-state index >= 15 is 0 Å². The van der Waals surface area contributed by atoms with E-state index in [9.17, 15) is 13.2 Å². The summed E-state index contributed by atoms with van der Waals surface area (Å²) >= 11 is 0. The minimum atomic E-state index is -3.69. The summed E-state index contributed by atoms with van der Waals surface area (Å²) in [5, 5.41) is 2.80. The molecule has 0 unspecified atom stereocenters. The molecule has 1 aliphatic heterocycles. The molecule has 0 aliphatic carbocycles. The van der Waals surface area contributed by atoms with E-state index in [0.717, 1.165) is 24.1 Å². The number of anilines is 2. The van der Waals surface area contributed by atoms with E-state index in [1.807, 2.05) is 31.2 Å². The van der Waals surface area contributed by atoms with Crippen LogP contribution in [-0.4, -0.2) is 27.5 Å². The Labute approximate surface area is 182 Å². The fraction of sp³-hybridized carbons (Fsp3) is 0.208. The van der Waals surface area contributed by atoms with E-state index in [2.05, 4.69) is 5.32 Å². The van der Waals surface area contributed by atoms with Gasteiger partial charge in [-0.3, -0.25) is 9.10 Å². The second kappa shape index (κ2) is 8.81. The molecule has 0 fully saturated rings. The van der Waals surface area contributed by atoms with Gasteiger partial charge in [-0.15, -0.1) is 0 Å². The number of amides is 1. The number of rotatable bonds is 6. The summed E-state index contributed by atoms with van der Waals surface area (Å²) in [6.45, 7) is 2.76. The third-order valence-electron chi connectivity index (χ3n) is 5.20. The number of ether oxygens (including phenoxy) is 1. The zero-order valence-electron chi connectivity index (χ0n) is 17.2. The smallest absolute Gasteiger partial charge is 0.264 e. The van der Waals surface area contributed by atoms with Crippen LogP contribution in [0, 0.1) is 0 Å². The first-order valence-electron chi connectivity index (χ1n) is 10.2. The van der Waals surface area contributed by atoms with Gasteiger partial charge in [0.25, 0.3) is 15.9 Å². The van der Waals surface area contributed by atoms with Gasteiger partial charge >= 0.3 is 0 Å². The number of aryl methyl sites for hydroxylation is 1. The van der Waals surface area contributed by atoms with Crippen LogP contribution in [0.5, 0.6) is 5.75 Å². The lowest BCUT2D eigenvalue weighted by Crippen LogP contribution is -2.35. The summed E-state index contributed by atoms with van der Waals surface area (Å²) in [5.74, 6) is 0.190. The summed E-state index contributed by atoms with van der Waals surface area (Å²) in [7, 11) is -3.69. The molecular weight excluding hydrogens is 412 g/mol. The summed E-state index contributed by atoms with van der Waals surface area (Å²) in [6.07, 6.45) is 1.65. The monoisotopic (exact) mass is 436 g/mol. The first kappa shape index (κ1) is 20.9. The van der Waals surface area contributed by atoms with Crippen LogP contribution in [0.15, 0.2) is 77.7 Å². The molecule has 6 nitrogen and oxygen atoms in total. The zero-order valence-corrected chi connectivity index (χ0v) is 18.1. The number of carbonyl (C=O) groups excluding carboxylic acids is 1. The Balaban J connectivity index is 1.54. The Morgan fingerprint density at radius 3 is 2.48 bits per heavy atom. The molecule has 0 saturated heterocycles. The molecule has 4 rings (SSSR count). The molecule has 0 bridgehead atoms. The maximum Gasteiger partial charge on any atom is 0.264 e. The van der Waals surface area contributed by atoms with E-state index in [0.29, 0.717) is 30.2 Å². The quantitative estimate of drug-likeness (QED) is 0.618. The number of benzene rings is 3. The van der Waals surface area contributed by atoms with Crippen LogP contribution in [0.4, 0.5) is 11.4 Å². The lowest BCUT2D eigenvalue weighted by atomic mass is 10.0. The summed E-state index contributed by atoms with van der Waals surface area (Å²) in [6, 6.07) is 20.8. The van der Waals surface area contributed by atoms with Crippen molar-refractivity contribution in [3.63, 3.8) is 0 Å². The minimum Gasteiger partial charge on any atom is -0.493 e. The molecule has 1 amide bonds. The van der Waals surface area contributed by atoms with E-state index in [1.54, 1.807) is 36.4 Å². The van der Waals surface area contributed by atoms with Crippen molar-refractivity contribution in [3.05, 3.63) is 83.9 Å². The van der Waals surface area contributed by atoms with E-state index in [4.69, 9.17) is 4.74 Å². The minimum absolute atomic E-state index is 0.192. The van der Waals surface area contributed by atoms with Gasteiger partial charge in [-0.2, -0.15) is 0 Å². The lowest BCUT2D eigenvalue weighted by molar-refractivity contribution is 0.102. The molecular formula is C24H24N2O4S. The Bertz CT molecular complexity index is 1190. The largest absolute Gasteiger partial charge is 0.493 e. The van der Waals surface area contributed by atoms with Crippen LogP contribution < -0.4 is 14.4 Å². The Morgan fingerprint density at radius 2 is 1.71 bits per heavy atom. The average Bonchev–Trinajstić information content (AvgIpc) is 2.79. The third-order valence-corrected chi connectivity index (χ3v) is 7.03. The Kier molecular flexibility index (Phi) is 5.95. The van der Waals surface area contributed by atoms with Crippen molar-refractivity contribution in [2.75, 3.05) is 22.8 Å². The third kappa shape index (κ3) is 4.27. The highest BCUT2D eigenvalue weighted by atomic mass is 32.2. The lowest BCUT2D eigenvalue weighted by Gasteiger charge is -2.30. The van der Waals surface area contributed by atoms with Crippen LogP contribution >= 0.6 is 0 Å². The van der Waals surface area contributed by atoms with Crippen molar-refractivity contribution in [3.8, 4) is 5.75 Å². The highest BCUT2D eigenvalue weighted by molar-refractivity contribution is 7.92. The van der Waals surface area contributed by atoms with E-state index in [1.165, 1.54) is 16.4 Å². The van der Waals surface area contributed by atoms with Gasteiger partial charge in [0.2, 0.25) is 0 Å². The summed E-state index contributed by atoms with van der Waals surface area (Å²) in [5.41, 5.74) is 2.70. The van der Waals surface area contributed by atoms with Crippen molar-refractivity contribution in [2.24, 2.45) is 0 Å². The van der Waals surface area contributed by atoms with Crippen molar-refractivity contribution < 1.29 is 17.9 Å². The first-order chi connectivity index (χ1) is 15.0. The van der Waals surface area contributed by atoms with Crippen LogP contribution in [0.2, 0.25) is 0 Å². The van der Waals surface area contributed by atoms with E-state index in [-0.39, 0.29) is 10.8 Å². The molecule has 0 aromatic heterocycles. The van der Waals surface area contributed by atoms with Crippen molar-refractivity contribution in [1.82, 2.24) is 0 Å². The highest BCUT2D eigenvalue weighted by Crippen LogP contribution is 2.32. The first-order valence-corrected chi connectivity index (χ1v) is 11.7. The maximum absolute atomic E-state index is 13.2. The van der Waals surface area contributed by atoms with Gasteiger partial charge in [-0.05, 0) is 67.8 Å². The van der Waals surface area contributed by atoms with Crippen LogP contribution in [0.25, 0.3) is 0 Å². The summed E-state index contributed by atoms with van der Waals surface area (Å²) in [4.78, 5) is 12.9. The average molecular weight is 437 g/mol. The normalized spacial score (nSPS) is 13.4. The van der Waals surface area contributed by atoms with Crippen LogP contribution in [0.3, 0.4) is 0 Å². The van der Waals surface area contributed by atoms with E-state index < -0.39 is 10.0 Å². The van der Waals surface area contributed by atoms with Gasteiger partial charge in [0.15, 0.2) is 0 Å². The van der Waals surface area contributed by atoms with Gasteiger partial charge in [0.05, 0.1) is 22.8 Å². The van der Waals surface area contributed by atoms with Gasteiger partial charge in [-0.25, -0.2) is 8.42 Å². The second-order valence-electron chi connectivity index (χ2n) is 7.22. The topological polar surface area (TPSA) is 75.7 Å². The number of hydrogen-bond acceptors (Lipinski definition) is 4. The molecule has 1 heterocycles. The SMILES string of the molecule is CCOc1ccccc1C(=O)Nc1ccc(S(=O)(=O)N2CCCc3ccccc32)cc1. The zero-order chi connectivity index (χ0) is 21.8. The number of nitrogens with one attached hydrogen (secondary N) is 1. The number of carbonyl (C=O) groups is 1. The van der Waals surface area contributed by atoms with Gasteiger partial charge in [0, 0.05) is 12.2 Å². The second-order valence-corrected chi connectivity index (χ2v) is 9.08. The Morgan fingerprint density at radius 1 is 1.00 bits per heavy atom. The Hall–Kier alpha value is -3.32. The molecule has 3 aromatic carbocycles. The predicted octanol–water partition coefficient (Wildman–Crippen LogP) is 4.48. The molecule has 0 saturated carbocycles. The summed E-state index contributed by atoms with van der Waals surface area (Å²) < 4.78 is 33.5. The number of nitrogens with zero attached hydrogens (tertiary/aromatic N) is 1. The number of hydrogen-bond donors (Lipinski definition) is 1. The van der Waals surface area contributed by atoms with Gasteiger partial charge < -0.3 is 10.1 Å². The molecule has 0 spiro atoms. The number of sulfonamides is 1. The maximum atomic E-state index is 13.2. The van der Waals surface area contributed by atoms with Crippen molar-refractivity contribution in [2.45, 2.75) is 24.7 Å². The fourth-order valence-corrected chi connectivity index (χ4v) is 5.26. The van der Waals surface area contributed by atoms with Crippen molar-refractivity contribution in [1.29, 1.82) is 0 Å². The van der Waals surface area contributed by atoms with Gasteiger partial charge in [-0.1, -0.05) is 30.3 Å². The predicted molar refractivity (Wildman–Crippen MR) is 121 cm³/mol. The molecule has 3 aromatic rings. The molecule has 1 N–H and O–H groups in total. The number of para-hydroxylation sites is 2. The highest BCUT2D eigenvalue weighted by Gasteiger charge is 2.28. The van der Waals surface area contributed by atoms with Crippen LogP contribution in [0.1, 0.15) is 29.3 Å². The molecule has 0 atom stereocenters. The molecule has 1 aliphatic rings. The fourth-order valence-electron chi connectivity index (χ4n) is 3.72.